The lowest BCUT2D eigenvalue weighted by molar-refractivity contribution is 0.0526. The molecule has 0 bridgehead atoms. The summed E-state index contributed by atoms with van der Waals surface area (Å²) < 4.78 is 49.7. The molecule has 0 radical (unpaired) electrons. The van der Waals surface area contributed by atoms with Crippen LogP contribution in [0.25, 0.3) is 0 Å². The van der Waals surface area contributed by atoms with E-state index >= 15 is 0 Å². The van der Waals surface area contributed by atoms with Gasteiger partial charge < -0.3 is 14.0 Å². The number of anilines is 2. The first-order valence-corrected chi connectivity index (χ1v) is 9.33. The Labute approximate surface area is 161 Å². The monoisotopic (exact) mass is 444 g/mol. The molecule has 0 fully saturated rings. The number of aryl methyl sites for hydroxylation is 1. The SMILES string of the molecule is CCOC(=O)c1ccc(N(c2cc(Br)c(C)cc2OC)S(=O)[O-])c(F)c1. The number of benzene rings is 2. The molecule has 0 aliphatic carbocycles. The van der Waals surface area contributed by atoms with Crippen molar-refractivity contribution in [1.29, 1.82) is 0 Å². The molecule has 0 aliphatic rings. The Bertz CT molecular complexity index is 861. The molecule has 2 aromatic carbocycles. The lowest BCUT2D eigenvalue weighted by Gasteiger charge is -2.28. The van der Waals surface area contributed by atoms with Crippen LogP contribution in [0.15, 0.2) is 34.8 Å². The van der Waals surface area contributed by atoms with Gasteiger partial charge in [0.05, 0.1) is 41.9 Å². The van der Waals surface area contributed by atoms with Gasteiger partial charge in [0, 0.05) is 4.47 Å². The Morgan fingerprint density at radius 1 is 1.31 bits per heavy atom. The number of esters is 1. The molecule has 2 aromatic rings. The van der Waals surface area contributed by atoms with Crippen molar-refractivity contribution >= 4 is 44.5 Å². The van der Waals surface area contributed by atoms with Crippen LogP contribution in [0.3, 0.4) is 0 Å². The van der Waals surface area contributed by atoms with E-state index in [2.05, 4.69) is 15.9 Å². The van der Waals surface area contributed by atoms with Gasteiger partial charge in [0.25, 0.3) is 0 Å². The third kappa shape index (κ3) is 4.22. The molecule has 0 aliphatic heterocycles. The van der Waals surface area contributed by atoms with Gasteiger partial charge in [0.1, 0.15) is 11.6 Å². The van der Waals surface area contributed by atoms with Crippen LogP contribution < -0.4 is 9.04 Å². The summed E-state index contributed by atoms with van der Waals surface area (Å²) in [7, 11) is 1.39. The van der Waals surface area contributed by atoms with Gasteiger partial charge in [-0.2, -0.15) is 0 Å². The molecule has 140 valence electrons. The molecule has 0 heterocycles. The summed E-state index contributed by atoms with van der Waals surface area (Å²) in [6.07, 6.45) is 0. The number of halogens is 2. The van der Waals surface area contributed by atoms with E-state index in [-0.39, 0.29) is 29.3 Å². The Hall–Kier alpha value is -1.97. The minimum absolute atomic E-state index is 0.0122. The van der Waals surface area contributed by atoms with Crippen LogP contribution in [-0.2, 0) is 16.0 Å². The molecule has 0 spiro atoms. The molecule has 9 heteroatoms. The Morgan fingerprint density at radius 3 is 2.54 bits per heavy atom. The number of hydrogen-bond acceptors (Lipinski definition) is 5. The molecule has 2 rings (SSSR count). The maximum absolute atomic E-state index is 14.6. The second-order valence-corrected chi connectivity index (χ2v) is 6.83. The smallest absolute Gasteiger partial charge is 0.338 e. The van der Waals surface area contributed by atoms with Crippen LogP contribution in [0, 0.1) is 12.7 Å². The van der Waals surface area contributed by atoms with Crippen LogP contribution in [-0.4, -0.2) is 28.4 Å². The van der Waals surface area contributed by atoms with Crippen molar-refractivity contribution < 1.29 is 27.4 Å². The normalized spacial score (nSPS) is 11.8. The first-order valence-electron chi connectivity index (χ1n) is 7.50. The van der Waals surface area contributed by atoms with E-state index in [1.807, 2.05) is 6.92 Å². The van der Waals surface area contributed by atoms with E-state index in [9.17, 15) is 17.9 Å². The van der Waals surface area contributed by atoms with Gasteiger partial charge in [-0.15, -0.1) is 0 Å². The average molecular weight is 445 g/mol. The summed E-state index contributed by atoms with van der Waals surface area (Å²) >= 11 is 0.491. The fourth-order valence-electron chi connectivity index (χ4n) is 2.27. The van der Waals surface area contributed by atoms with Crippen molar-refractivity contribution in [3.8, 4) is 5.75 Å². The predicted molar refractivity (Wildman–Crippen MR) is 98.8 cm³/mol. The van der Waals surface area contributed by atoms with Crippen molar-refractivity contribution in [1.82, 2.24) is 0 Å². The van der Waals surface area contributed by atoms with Crippen molar-refractivity contribution in [2.24, 2.45) is 0 Å². The molecule has 0 amide bonds. The van der Waals surface area contributed by atoms with Gasteiger partial charge in [-0.25, -0.2) is 9.18 Å². The highest BCUT2D eigenvalue weighted by Gasteiger charge is 2.21. The van der Waals surface area contributed by atoms with E-state index in [0.29, 0.717) is 4.47 Å². The maximum atomic E-state index is 14.6. The van der Waals surface area contributed by atoms with Gasteiger partial charge in [0.2, 0.25) is 0 Å². The summed E-state index contributed by atoms with van der Waals surface area (Å²) in [5.41, 5.74) is 0.684. The zero-order valence-corrected chi connectivity index (χ0v) is 16.6. The summed E-state index contributed by atoms with van der Waals surface area (Å²) in [6, 6.07) is 6.58. The molecule has 0 saturated carbocycles. The second-order valence-electron chi connectivity index (χ2n) is 5.17. The molecule has 1 atom stereocenters. The number of carbonyl (C=O) groups excluding carboxylic acids is 1. The third-order valence-corrected chi connectivity index (χ3v) is 5.05. The van der Waals surface area contributed by atoms with Crippen LogP contribution in [0.1, 0.15) is 22.8 Å². The van der Waals surface area contributed by atoms with Crippen molar-refractivity contribution in [3.63, 3.8) is 0 Å². The lowest BCUT2D eigenvalue weighted by Crippen LogP contribution is -2.22. The van der Waals surface area contributed by atoms with Crippen molar-refractivity contribution in [2.45, 2.75) is 13.8 Å². The van der Waals surface area contributed by atoms with Crippen LogP contribution >= 0.6 is 15.9 Å². The van der Waals surface area contributed by atoms with Gasteiger partial charge in [0.15, 0.2) is 0 Å². The highest BCUT2D eigenvalue weighted by atomic mass is 79.9. The lowest BCUT2D eigenvalue weighted by atomic mass is 10.1. The number of hydrogen-bond donors (Lipinski definition) is 0. The van der Waals surface area contributed by atoms with Crippen LogP contribution in [0.2, 0.25) is 0 Å². The molecular formula is C17H16BrFNO5S-. The van der Waals surface area contributed by atoms with Gasteiger partial charge >= 0.3 is 5.97 Å². The molecule has 0 saturated heterocycles. The number of ether oxygens (including phenoxy) is 2. The number of methoxy groups -OCH3 is 1. The third-order valence-electron chi connectivity index (χ3n) is 3.51. The molecule has 1 unspecified atom stereocenters. The van der Waals surface area contributed by atoms with Crippen molar-refractivity contribution in [3.05, 3.63) is 51.7 Å². The summed E-state index contributed by atoms with van der Waals surface area (Å²) in [5.74, 6) is -1.33. The van der Waals surface area contributed by atoms with E-state index in [4.69, 9.17) is 9.47 Å². The Morgan fingerprint density at radius 2 is 2.00 bits per heavy atom. The molecular weight excluding hydrogens is 429 g/mol. The van der Waals surface area contributed by atoms with Crippen molar-refractivity contribution in [2.75, 3.05) is 18.0 Å². The largest absolute Gasteiger partial charge is 0.755 e. The molecule has 6 nitrogen and oxygen atoms in total. The topological polar surface area (TPSA) is 78.9 Å². The molecule has 0 N–H and O–H groups in total. The van der Waals surface area contributed by atoms with Crippen LogP contribution in [0.4, 0.5) is 15.8 Å². The van der Waals surface area contributed by atoms with Gasteiger partial charge in [-0.3, -0.25) is 8.51 Å². The fraction of sp³-hybridized carbons (Fsp3) is 0.235. The first-order chi connectivity index (χ1) is 12.3. The standard InChI is InChI=1S/C17H17BrFNO5S/c1-4-25-17(21)11-5-6-14(13(19)8-11)20(26(22)23)15-9-12(18)10(2)7-16(15)24-3/h5-9H,4H2,1-3H3,(H,22,23)/p-1. The maximum Gasteiger partial charge on any atom is 0.338 e. The Balaban J connectivity index is 2.57. The first kappa shape index (κ1) is 20.3. The summed E-state index contributed by atoms with van der Waals surface area (Å²) in [4.78, 5) is 11.7. The molecule has 0 aromatic heterocycles. The second kappa shape index (κ2) is 8.61. The zero-order chi connectivity index (χ0) is 19.4. The fourth-order valence-corrected chi connectivity index (χ4v) is 3.21. The number of nitrogens with zero attached hydrogens (tertiary/aromatic N) is 1. The summed E-state index contributed by atoms with van der Waals surface area (Å²) in [6.45, 7) is 3.59. The van der Waals surface area contributed by atoms with E-state index < -0.39 is 23.1 Å². The number of rotatable bonds is 6. The predicted octanol–water partition coefficient (Wildman–Crippen LogP) is 4.01. The Kier molecular flexibility index (Phi) is 6.74. The summed E-state index contributed by atoms with van der Waals surface area (Å²) in [5, 5.41) is 0. The highest BCUT2D eigenvalue weighted by Crippen LogP contribution is 2.39. The average Bonchev–Trinajstić information content (AvgIpc) is 2.59. The zero-order valence-electron chi connectivity index (χ0n) is 14.2. The van der Waals surface area contributed by atoms with E-state index in [1.165, 1.54) is 25.3 Å². The van der Waals surface area contributed by atoms with Gasteiger partial charge in [-0.05, 0) is 49.7 Å². The van der Waals surface area contributed by atoms with E-state index in [0.717, 1.165) is 15.9 Å². The van der Waals surface area contributed by atoms with E-state index in [1.54, 1.807) is 13.0 Å². The minimum Gasteiger partial charge on any atom is -0.755 e. The van der Waals surface area contributed by atoms with Gasteiger partial charge in [-0.1, -0.05) is 15.9 Å². The highest BCUT2D eigenvalue weighted by molar-refractivity contribution is 9.10. The van der Waals surface area contributed by atoms with Crippen LogP contribution in [0.5, 0.6) is 5.75 Å². The minimum atomic E-state index is -2.84. The number of carbonyl (C=O) groups is 1. The molecule has 26 heavy (non-hydrogen) atoms. The quantitative estimate of drug-likeness (QED) is 0.496.